The van der Waals surface area contributed by atoms with E-state index in [1.165, 1.54) is 6.07 Å². The van der Waals surface area contributed by atoms with Gasteiger partial charge in [-0.1, -0.05) is 18.2 Å². The van der Waals surface area contributed by atoms with Gasteiger partial charge in [-0.05, 0) is 45.0 Å². The molecule has 1 aliphatic rings. The van der Waals surface area contributed by atoms with Crippen LogP contribution < -0.4 is 0 Å². The average molecular weight is 360 g/mol. The second-order valence-electron chi connectivity index (χ2n) is 7.14. The zero-order valence-corrected chi connectivity index (χ0v) is 15.2. The number of aliphatic hydroxyl groups is 1. The Labute approximate surface area is 153 Å². The lowest BCUT2D eigenvalue weighted by atomic mass is 9.90. The number of carbonyl (C=O) groups excluding carboxylic acids is 1. The maximum atomic E-state index is 13.9. The summed E-state index contributed by atoms with van der Waals surface area (Å²) in [5.74, 6) is 0.950. The van der Waals surface area contributed by atoms with Crippen LogP contribution >= 0.6 is 0 Å². The topological polar surface area (TPSA) is 56.9 Å². The molecule has 0 bridgehead atoms. The zero-order valence-electron chi connectivity index (χ0n) is 15.2. The maximum absolute atomic E-state index is 13.9. The van der Waals surface area contributed by atoms with Crippen molar-refractivity contribution in [3.63, 3.8) is 0 Å². The highest BCUT2D eigenvalue weighted by Gasteiger charge is 2.43. The number of hydrogen-bond donors (Lipinski definition) is 1. The lowest BCUT2D eigenvalue weighted by Gasteiger charge is -2.40. The monoisotopic (exact) mass is 360 g/mol. The number of furan rings is 1. The van der Waals surface area contributed by atoms with Crippen LogP contribution in [0.4, 0.5) is 4.39 Å². The van der Waals surface area contributed by atoms with E-state index in [1.807, 2.05) is 31.0 Å². The summed E-state index contributed by atoms with van der Waals surface area (Å²) in [4.78, 5) is 16.3. The summed E-state index contributed by atoms with van der Waals surface area (Å²) in [5, 5.41) is 11.0. The first-order valence-electron chi connectivity index (χ1n) is 8.86. The number of aryl methyl sites for hydroxylation is 1. The molecule has 1 N–H and O–H groups in total. The van der Waals surface area contributed by atoms with Crippen LogP contribution in [0.25, 0.3) is 0 Å². The van der Waals surface area contributed by atoms with Gasteiger partial charge < -0.3 is 14.4 Å². The van der Waals surface area contributed by atoms with E-state index < -0.39 is 5.60 Å². The quantitative estimate of drug-likeness (QED) is 0.861. The normalized spacial score (nSPS) is 20.8. The SMILES string of the molecule is Cc1ccc(CN(C)C[C@]2(O)CCCN(Cc3ccccc3F)C2=O)o1. The van der Waals surface area contributed by atoms with Crippen LogP contribution in [0.3, 0.4) is 0 Å². The summed E-state index contributed by atoms with van der Waals surface area (Å²) in [7, 11) is 1.85. The summed E-state index contributed by atoms with van der Waals surface area (Å²) in [6.45, 7) is 3.30. The van der Waals surface area contributed by atoms with Crippen LogP contribution in [0.5, 0.6) is 0 Å². The fourth-order valence-electron chi connectivity index (χ4n) is 3.53. The van der Waals surface area contributed by atoms with Crippen molar-refractivity contribution < 1.29 is 18.7 Å². The van der Waals surface area contributed by atoms with E-state index in [-0.39, 0.29) is 24.8 Å². The van der Waals surface area contributed by atoms with Crippen molar-refractivity contribution in [2.45, 2.75) is 38.5 Å². The molecule has 0 radical (unpaired) electrons. The third kappa shape index (κ3) is 4.14. The van der Waals surface area contributed by atoms with Crippen LogP contribution in [-0.2, 0) is 17.9 Å². The highest BCUT2D eigenvalue weighted by Crippen LogP contribution is 2.26. The summed E-state index contributed by atoms with van der Waals surface area (Å²) in [5.41, 5.74) is -0.996. The van der Waals surface area contributed by atoms with E-state index >= 15 is 0 Å². The van der Waals surface area contributed by atoms with Crippen LogP contribution in [0, 0.1) is 12.7 Å². The Morgan fingerprint density at radius 2 is 2.08 bits per heavy atom. The fourth-order valence-corrected chi connectivity index (χ4v) is 3.53. The minimum atomic E-state index is -1.46. The summed E-state index contributed by atoms with van der Waals surface area (Å²) < 4.78 is 19.5. The summed E-state index contributed by atoms with van der Waals surface area (Å²) in [6, 6.07) is 10.2. The fraction of sp³-hybridized carbons (Fsp3) is 0.450. The van der Waals surface area contributed by atoms with Gasteiger partial charge in [0.05, 0.1) is 6.54 Å². The molecule has 1 atom stereocenters. The van der Waals surface area contributed by atoms with Gasteiger partial charge in [0.2, 0.25) is 0 Å². The van der Waals surface area contributed by atoms with E-state index in [9.17, 15) is 14.3 Å². The minimum absolute atomic E-state index is 0.176. The summed E-state index contributed by atoms with van der Waals surface area (Å²) in [6.07, 6.45) is 1.09. The molecular formula is C20H25FN2O3. The molecule has 6 heteroatoms. The van der Waals surface area contributed by atoms with Gasteiger partial charge in [-0.3, -0.25) is 9.69 Å². The van der Waals surface area contributed by atoms with Gasteiger partial charge in [0.15, 0.2) is 5.60 Å². The molecule has 2 heterocycles. The molecule has 1 aromatic heterocycles. The average Bonchev–Trinajstić information content (AvgIpc) is 2.98. The second-order valence-corrected chi connectivity index (χ2v) is 7.14. The smallest absolute Gasteiger partial charge is 0.256 e. The standard InChI is InChI=1S/C20H25FN2O3/c1-15-8-9-17(26-15)13-22(2)14-20(25)10-5-11-23(19(20)24)12-16-6-3-4-7-18(16)21/h3-4,6-9,25H,5,10-14H2,1-2H3/t20-/m1/s1. The molecule has 0 spiro atoms. The molecule has 0 saturated carbocycles. The zero-order chi connectivity index (χ0) is 18.7. The van der Waals surface area contributed by atoms with Crippen molar-refractivity contribution >= 4 is 5.91 Å². The van der Waals surface area contributed by atoms with Crippen molar-refractivity contribution in [2.24, 2.45) is 0 Å². The first-order chi connectivity index (χ1) is 12.4. The predicted octanol–water partition coefficient (Wildman–Crippen LogP) is 2.71. The molecule has 0 unspecified atom stereocenters. The van der Waals surface area contributed by atoms with E-state index in [1.54, 1.807) is 23.1 Å². The van der Waals surface area contributed by atoms with Crippen molar-refractivity contribution in [3.8, 4) is 0 Å². The molecule has 3 rings (SSSR count). The molecule has 1 saturated heterocycles. The first kappa shape index (κ1) is 18.6. The van der Waals surface area contributed by atoms with Gasteiger partial charge in [0, 0.05) is 25.2 Å². The van der Waals surface area contributed by atoms with Crippen LogP contribution in [0.1, 0.15) is 29.9 Å². The third-order valence-corrected chi connectivity index (χ3v) is 4.78. The lowest BCUT2D eigenvalue weighted by Crippen LogP contribution is -2.57. The Morgan fingerprint density at radius 1 is 1.31 bits per heavy atom. The number of hydrogen-bond acceptors (Lipinski definition) is 4. The maximum Gasteiger partial charge on any atom is 0.256 e. The number of amides is 1. The molecule has 1 amide bonds. The molecule has 0 aliphatic carbocycles. The number of likely N-dealkylation sites (tertiary alicyclic amines) is 1. The first-order valence-corrected chi connectivity index (χ1v) is 8.86. The Balaban J connectivity index is 1.66. The van der Waals surface area contributed by atoms with Gasteiger partial charge in [-0.25, -0.2) is 4.39 Å². The predicted molar refractivity (Wildman–Crippen MR) is 95.8 cm³/mol. The third-order valence-electron chi connectivity index (χ3n) is 4.78. The number of likely N-dealkylation sites (N-methyl/N-ethyl adjacent to an activating group) is 1. The van der Waals surface area contributed by atoms with Gasteiger partial charge in [-0.15, -0.1) is 0 Å². The Bertz CT molecular complexity index is 776. The van der Waals surface area contributed by atoms with Crippen molar-refractivity contribution in [1.29, 1.82) is 0 Å². The number of benzene rings is 1. The highest BCUT2D eigenvalue weighted by atomic mass is 19.1. The van der Waals surface area contributed by atoms with Gasteiger partial charge in [-0.2, -0.15) is 0 Å². The molecule has 140 valence electrons. The minimum Gasteiger partial charge on any atom is -0.465 e. The van der Waals surface area contributed by atoms with Crippen molar-refractivity contribution in [1.82, 2.24) is 9.80 Å². The van der Waals surface area contributed by atoms with Crippen molar-refractivity contribution in [2.75, 3.05) is 20.1 Å². The molecule has 1 aromatic carbocycles. The number of carbonyl (C=O) groups is 1. The van der Waals surface area contributed by atoms with Crippen molar-refractivity contribution in [3.05, 3.63) is 59.3 Å². The van der Waals surface area contributed by atoms with Crippen LogP contribution in [0.15, 0.2) is 40.8 Å². The Hall–Kier alpha value is -2.18. The number of halogens is 1. The van der Waals surface area contributed by atoms with E-state index in [2.05, 4.69) is 0 Å². The molecule has 5 nitrogen and oxygen atoms in total. The Morgan fingerprint density at radius 3 is 2.77 bits per heavy atom. The Kier molecular flexibility index (Phi) is 5.44. The molecule has 2 aromatic rings. The van der Waals surface area contributed by atoms with E-state index in [0.29, 0.717) is 31.5 Å². The van der Waals surface area contributed by atoms with Gasteiger partial charge in [0.25, 0.3) is 5.91 Å². The van der Waals surface area contributed by atoms with E-state index in [0.717, 1.165) is 11.5 Å². The van der Waals surface area contributed by atoms with E-state index in [4.69, 9.17) is 4.42 Å². The number of piperidine rings is 1. The highest BCUT2D eigenvalue weighted by molar-refractivity contribution is 5.86. The second kappa shape index (κ2) is 7.60. The lowest BCUT2D eigenvalue weighted by molar-refractivity contribution is -0.160. The van der Waals surface area contributed by atoms with Crippen LogP contribution in [0.2, 0.25) is 0 Å². The molecule has 1 fully saturated rings. The summed E-state index contributed by atoms with van der Waals surface area (Å²) >= 11 is 0. The van der Waals surface area contributed by atoms with Crippen LogP contribution in [-0.4, -0.2) is 46.6 Å². The molecular weight excluding hydrogens is 335 g/mol. The molecule has 26 heavy (non-hydrogen) atoms. The van der Waals surface area contributed by atoms with Gasteiger partial charge >= 0.3 is 0 Å². The number of nitrogens with zero attached hydrogens (tertiary/aromatic N) is 2. The molecule has 1 aliphatic heterocycles. The largest absolute Gasteiger partial charge is 0.465 e. The van der Waals surface area contributed by atoms with Gasteiger partial charge in [0.1, 0.15) is 17.3 Å². The number of rotatable bonds is 6.